The van der Waals surface area contributed by atoms with Gasteiger partial charge in [-0.15, -0.1) is 0 Å². The number of hydrogen-bond acceptors (Lipinski definition) is 4. The number of carbonyl (C=O) groups is 2. The van der Waals surface area contributed by atoms with Crippen molar-refractivity contribution in [1.82, 2.24) is 20.2 Å². The lowest BCUT2D eigenvalue weighted by atomic mass is 10.2. The Balaban J connectivity index is 2.68. The average Bonchev–Trinajstić information content (AvgIpc) is 2.74. The van der Waals surface area contributed by atoms with Gasteiger partial charge in [0.2, 0.25) is 5.91 Å². The predicted octanol–water partition coefficient (Wildman–Crippen LogP) is 1.21. The Morgan fingerprint density at radius 1 is 1.45 bits per heavy atom. The molecule has 2 N–H and O–H groups in total. The summed E-state index contributed by atoms with van der Waals surface area (Å²) in [7, 11) is 1.57. The lowest BCUT2D eigenvalue weighted by Gasteiger charge is -2.22. The lowest BCUT2D eigenvalue weighted by molar-refractivity contribution is -0.121. The Labute approximate surface area is 118 Å². The van der Waals surface area contributed by atoms with Gasteiger partial charge < -0.3 is 19.9 Å². The molecule has 0 aromatic carbocycles. The first-order chi connectivity index (χ1) is 9.23. The molecule has 0 aliphatic carbocycles. The standard InChI is InChI=1S/C13H22N4O3/c1-9(16-12(19)20-13(2,3)4)10-6-15-8-17(10)7-11(18)14-5/h6,8-9H,7H2,1-5H3,(H,14,18)(H,16,19). The van der Waals surface area contributed by atoms with Crippen LogP contribution in [0.25, 0.3) is 0 Å². The van der Waals surface area contributed by atoms with Crippen molar-refractivity contribution >= 4 is 12.0 Å². The summed E-state index contributed by atoms with van der Waals surface area (Å²) in [5.41, 5.74) is 0.186. The summed E-state index contributed by atoms with van der Waals surface area (Å²) < 4.78 is 6.87. The molecule has 0 radical (unpaired) electrons. The molecule has 1 aromatic rings. The van der Waals surface area contributed by atoms with Crippen molar-refractivity contribution in [2.75, 3.05) is 7.05 Å². The second kappa shape index (κ2) is 6.40. The van der Waals surface area contributed by atoms with Gasteiger partial charge in [-0.2, -0.15) is 0 Å². The normalized spacial score (nSPS) is 12.7. The molecular weight excluding hydrogens is 260 g/mol. The minimum Gasteiger partial charge on any atom is -0.444 e. The molecule has 1 atom stereocenters. The fraction of sp³-hybridized carbons (Fsp3) is 0.615. The van der Waals surface area contributed by atoms with Crippen molar-refractivity contribution in [1.29, 1.82) is 0 Å². The van der Waals surface area contributed by atoms with Gasteiger partial charge in [0.25, 0.3) is 0 Å². The Morgan fingerprint density at radius 2 is 2.10 bits per heavy atom. The molecule has 0 aliphatic heterocycles. The molecule has 20 heavy (non-hydrogen) atoms. The zero-order valence-electron chi connectivity index (χ0n) is 12.6. The fourth-order valence-electron chi connectivity index (χ4n) is 1.62. The van der Waals surface area contributed by atoms with E-state index in [0.29, 0.717) is 0 Å². The highest BCUT2D eigenvalue weighted by Crippen LogP contribution is 2.13. The Morgan fingerprint density at radius 3 is 2.65 bits per heavy atom. The number of amides is 2. The third-order valence-corrected chi connectivity index (χ3v) is 2.51. The van der Waals surface area contributed by atoms with E-state index in [1.165, 1.54) is 0 Å². The van der Waals surface area contributed by atoms with Crippen LogP contribution in [-0.4, -0.2) is 34.2 Å². The Kier molecular flexibility index (Phi) is 5.12. The van der Waals surface area contributed by atoms with Crippen LogP contribution in [0.4, 0.5) is 4.79 Å². The number of alkyl carbamates (subject to hydrolysis) is 1. The molecule has 0 saturated carbocycles. The Hall–Kier alpha value is -2.05. The van der Waals surface area contributed by atoms with Gasteiger partial charge in [-0.3, -0.25) is 4.79 Å². The smallest absolute Gasteiger partial charge is 0.408 e. The summed E-state index contributed by atoms with van der Waals surface area (Å²) in [4.78, 5) is 27.1. The minimum absolute atomic E-state index is 0.131. The summed E-state index contributed by atoms with van der Waals surface area (Å²) in [5, 5.41) is 5.26. The van der Waals surface area contributed by atoms with Crippen molar-refractivity contribution < 1.29 is 14.3 Å². The molecule has 1 rings (SSSR count). The van der Waals surface area contributed by atoms with Gasteiger partial charge in [0, 0.05) is 7.05 Å². The van der Waals surface area contributed by atoms with Crippen LogP contribution in [0.2, 0.25) is 0 Å². The monoisotopic (exact) mass is 282 g/mol. The molecule has 7 heteroatoms. The molecule has 112 valence electrons. The van der Waals surface area contributed by atoms with E-state index >= 15 is 0 Å². The van der Waals surface area contributed by atoms with Crippen LogP contribution in [0.5, 0.6) is 0 Å². The van der Waals surface area contributed by atoms with Gasteiger partial charge in [-0.1, -0.05) is 0 Å². The first kappa shape index (κ1) is 16.0. The maximum atomic E-state index is 11.7. The number of carbonyl (C=O) groups excluding carboxylic acids is 2. The van der Waals surface area contributed by atoms with Crippen LogP contribution >= 0.6 is 0 Å². The average molecular weight is 282 g/mol. The van der Waals surface area contributed by atoms with Crippen LogP contribution in [0.3, 0.4) is 0 Å². The van der Waals surface area contributed by atoms with Crippen LogP contribution < -0.4 is 10.6 Å². The van der Waals surface area contributed by atoms with E-state index in [2.05, 4.69) is 15.6 Å². The van der Waals surface area contributed by atoms with Gasteiger partial charge in [-0.25, -0.2) is 9.78 Å². The van der Waals surface area contributed by atoms with Crippen LogP contribution in [0.1, 0.15) is 39.4 Å². The third-order valence-electron chi connectivity index (χ3n) is 2.51. The van der Waals surface area contributed by atoms with Crippen molar-refractivity contribution in [3.8, 4) is 0 Å². The van der Waals surface area contributed by atoms with E-state index in [0.717, 1.165) is 5.69 Å². The summed E-state index contributed by atoms with van der Waals surface area (Å²) in [5.74, 6) is -0.131. The van der Waals surface area contributed by atoms with Crippen molar-refractivity contribution in [2.24, 2.45) is 0 Å². The number of rotatable bonds is 4. The van der Waals surface area contributed by atoms with Gasteiger partial charge in [0.05, 0.1) is 24.3 Å². The van der Waals surface area contributed by atoms with E-state index in [-0.39, 0.29) is 18.5 Å². The molecule has 2 amide bonds. The van der Waals surface area contributed by atoms with Crippen LogP contribution in [-0.2, 0) is 16.1 Å². The van der Waals surface area contributed by atoms with Gasteiger partial charge >= 0.3 is 6.09 Å². The van der Waals surface area contributed by atoms with Gasteiger partial charge in [0.15, 0.2) is 0 Å². The highest BCUT2D eigenvalue weighted by molar-refractivity contribution is 5.75. The maximum absolute atomic E-state index is 11.7. The van der Waals surface area contributed by atoms with E-state index in [4.69, 9.17) is 4.74 Å². The highest BCUT2D eigenvalue weighted by Gasteiger charge is 2.20. The summed E-state index contributed by atoms with van der Waals surface area (Å²) in [6, 6.07) is -0.308. The largest absolute Gasteiger partial charge is 0.444 e. The number of hydrogen-bond donors (Lipinski definition) is 2. The second-order valence-electron chi connectivity index (χ2n) is 5.49. The quantitative estimate of drug-likeness (QED) is 0.869. The SMILES string of the molecule is CNC(=O)Cn1cncc1C(C)NC(=O)OC(C)(C)C. The number of imidazole rings is 1. The first-order valence-electron chi connectivity index (χ1n) is 6.43. The van der Waals surface area contributed by atoms with E-state index in [1.807, 2.05) is 0 Å². The minimum atomic E-state index is -0.549. The number of ether oxygens (including phenoxy) is 1. The molecule has 0 bridgehead atoms. The second-order valence-corrected chi connectivity index (χ2v) is 5.49. The van der Waals surface area contributed by atoms with Crippen molar-refractivity contribution in [2.45, 2.75) is 45.9 Å². The maximum Gasteiger partial charge on any atom is 0.408 e. The first-order valence-corrected chi connectivity index (χ1v) is 6.43. The molecule has 0 saturated heterocycles. The number of likely N-dealkylation sites (N-methyl/N-ethyl adjacent to an activating group) is 1. The van der Waals surface area contributed by atoms with E-state index in [9.17, 15) is 9.59 Å². The molecular formula is C13H22N4O3. The van der Waals surface area contributed by atoms with Gasteiger partial charge in [-0.05, 0) is 27.7 Å². The van der Waals surface area contributed by atoms with E-state index in [1.54, 1.807) is 51.8 Å². The number of aromatic nitrogens is 2. The zero-order valence-corrected chi connectivity index (χ0v) is 12.6. The molecule has 1 heterocycles. The lowest BCUT2D eigenvalue weighted by Crippen LogP contribution is -2.35. The molecule has 7 nitrogen and oxygen atoms in total. The van der Waals surface area contributed by atoms with Crippen molar-refractivity contribution in [3.63, 3.8) is 0 Å². The number of nitrogens with zero attached hydrogens (tertiary/aromatic N) is 2. The predicted molar refractivity (Wildman–Crippen MR) is 74.1 cm³/mol. The topological polar surface area (TPSA) is 85.3 Å². The van der Waals surface area contributed by atoms with Gasteiger partial charge in [0.1, 0.15) is 12.1 Å². The Bertz CT molecular complexity index is 476. The number of nitrogens with one attached hydrogen (secondary N) is 2. The zero-order chi connectivity index (χ0) is 15.3. The van der Waals surface area contributed by atoms with E-state index < -0.39 is 11.7 Å². The van der Waals surface area contributed by atoms with Crippen molar-refractivity contribution in [3.05, 3.63) is 18.2 Å². The third kappa shape index (κ3) is 4.91. The summed E-state index contributed by atoms with van der Waals surface area (Å²) in [6.07, 6.45) is 2.67. The molecule has 1 unspecified atom stereocenters. The molecule has 1 aromatic heterocycles. The van der Waals surface area contributed by atoms with Crippen LogP contribution in [0, 0.1) is 0 Å². The summed E-state index contributed by atoms with van der Waals surface area (Å²) >= 11 is 0. The molecule has 0 spiro atoms. The molecule has 0 aliphatic rings. The van der Waals surface area contributed by atoms with Crippen LogP contribution in [0.15, 0.2) is 12.5 Å². The fourth-order valence-corrected chi connectivity index (χ4v) is 1.62. The molecule has 0 fully saturated rings. The highest BCUT2D eigenvalue weighted by atomic mass is 16.6. The summed E-state index contributed by atoms with van der Waals surface area (Å²) in [6.45, 7) is 7.36.